The molecule has 0 radical (unpaired) electrons. The van der Waals surface area contributed by atoms with Gasteiger partial charge in [0, 0.05) is 23.4 Å². The minimum atomic E-state index is -1.28. The van der Waals surface area contributed by atoms with Crippen LogP contribution in [-0.2, 0) is 27.9 Å². The van der Waals surface area contributed by atoms with Gasteiger partial charge in [-0.1, -0.05) is 35.5 Å². The van der Waals surface area contributed by atoms with Gasteiger partial charge in [0.2, 0.25) is 5.91 Å². The second-order valence-electron chi connectivity index (χ2n) is 4.42. The number of aryl methyl sites for hydroxylation is 1. The van der Waals surface area contributed by atoms with Crippen LogP contribution in [-0.4, -0.2) is 21.0 Å². The molecule has 1 aromatic heterocycles. The summed E-state index contributed by atoms with van der Waals surface area (Å²) >= 11 is 0. The molecule has 1 heterocycles. The molecule has 1 atom stereocenters. The number of amides is 1. The molecule has 20 heavy (non-hydrogen) atoms. The first-order chi connectivity index (χ1) is 9.63. The maximum atomic E-state index is 11.8. The quantitative estimate of drug-likeness (QED) is 0.876. The fourth-order valence-corrected chi connectivity index (χ4v) is 2.66. The van der Waals surface area contributed by atoms with Gasteiger partial charge in [-0.15, -0.1) is 0 Å². The van der Waals surface area contributed by atoms with Gasteiger partial charge in [0.05, 0.1) is 11.4 Å². The standard InChI is InChI=1S/C14H16N2O3S/c1-11-7-13(16-19-11)9-20(18)10-14(17)15-8-12-5-3-2-4-6-12/h2-7H,8-10H2,1H3,(H,15,17)/t20-/m1/s1. The highest BCUT2D eigenvalue weighted by molar-refractivity contribution is 7.84. The molecule has 0 saturated carbocycles. The SMILES string of the molecule is Cc1cc(C[S@@](=O)CC(=O)NCc2ccccc2)no1. The Kier molecular flexibility index (Phi) is 5.06. The van der Waals surface area contributed by atoms with Crippen molar-refractivity contribution in [3.05, 3.63) is 53.4 Å². The van der Waals surface area contributed by atoms with Crippen LogP contribution in [0.3, 0.4) is 0 Å². The number of nitrogens with one attached hydrogen (secondary N) is 1. The van der Waals surface area contributed by atoms with E-state index in [1.165, 1.54) is 0 Å². The zero-order valence-corrected chi connectivity index (χ0v) is 12.0. The number of hydrogen-bond acceptors (Lipinski definition) is 4. The number of rotatable bonds is 6. The zero-order chi connectivity index (χ0) is 14.4. The maximum Gasteiger partial charge on any atom is 0.232 e. The Morgan fingerprint density at radius 2 is 2.10 bits per heavy atom. The van der Waals surface area contributed by atoms with E-state index < -0.39 is 10.8 Å². The van der Waals surface area contributed by atoms with E-state index in [2.05, 4.69) is 10.5 Å². The first kappa shape index (κ1) is 14.5. The molecular formula is C14H16N2O3S. The van der Waals surface area contributed by atoms with Crippen molar-refractivity contribution in [2.24, 2.45) is 0 Å². The van der Waals surface area contributed by atoms with Crippen LogP contribution < -0.4 is 5.32 Å². The summed E-state index contributed by atoms with van der Waals surface area (Å²) in [5, 5.41) is 6.50. The van der Waals surface area contributed by atoms with Crippen molar-refractivity contribution < 1.29 is 13.5 Å². The van der Waals surface area contributed by atoms with Crippen LogP contribution in [0.25, 0.3) is 0 Å². The van der Waals surface area contributed by atoms with Gasteiger partial charge in [0.25, 0.3) is 0 Å². The summed E-state index contributed by atoms with van der Waals surface area (Å²) in [5.41, 5.74) is 1.62. The minimum absolute atomic E-state index is 0.0290. The predicted octanol–water partition coefficient (Wildman–Crippen LogP) is 1.55. The van der Waals surface area contributed by atoms with Crippen molar-refractivity contribution in [3.8, 4) is 0 Å². The molecule has 0 aliphatic heterocycles. The second kappa shape index (κ2) is 7.00. The van der Waals surface area contributed by atoms with E-state index >= 15 is 0 Å². The van der Waals surface area contributed by atoms with Gasteiger partial charge in [0.1, 0.15) is 11.5 Å². The first-order valence-corrected chi connectivity index (χ1v) is 7.70. The summed E-state index contributed by atoms with van der Waals surface area (Å²) in [6.07, 6.45) is 0. The number of aromatic nitrogens is 1. The highest BCUT2D eigenvalue weighted by Crippen LogP contribution is 2.04. The molecule has 5 nitrogen and oxygen atoms in total. The third kappa shape index (κ3) is 4.62. The lowest BCUT2D eigenvalue weighted by Gasteiger charge is -2.04. The predicted molar refractivity (Wildman–Crippen MR) is 76.2 cm³/mol. The van der Waals surface area contributed by atoms with Crippen molar-refractivity contribution in [2.45, 2.75) is 19.2 Å². The van der Waals surface area contributed by atoms with Crippen molar-refractivity contribution in [1.29, 1.82) is 0 Å². The maximum absolute atomic E-state index is 11.8. The second-order valence-corrected chi connectivity index (χ2v) is 5.88. The van der Waals surface area contributed by atoms with Crippen molar-refractivity contribution in [3.63, 3.8) is 0 Å². The monoisotopic (exact) mass is 292 g/mol. The van der Waals surface area contributed by atoms with Crippen LogP contribution in [0.15, 0.2) is 40.9 Å². The summed E-state index contributed by atoms with van der Waals surface area (Å²) in [6.45, 7) is 2.21. The molecule has 0 fully saturated rings. The van der Waals surface area contributed by atoms with Crippen molar-refractivity contribution in [2.75, 3.05) is 5.75 Å². The van der Waals surface area contributed by atoms with Gasteiger partial charge in [-0.05, 0) is 12.5 Å². The molecular weight excluding hydrogens is 276 g/mol. The third-order valence-electron chi connectivity index (χ3n) is 2.61. The zero-order valence-electron chi connectivity index (χ0n) is 11.2. The van der Waals surface area contributed by atoms with Crippen molar-refractivity contribution >= 4 is 16.7 Å². The molecule has 2 rings (SSSR count). The van der Waals surface area contributed by atoms with Gasteiger partial charge in [-0.3, -0.25) is 9.00 Å². The minimum Gasteiger partial charge on any atom is -0.361 e. The van der Waals surface area contributed by atoms with Crippen LogP contribution in [0, 0.1) is 6.92 Å². The lowest BCUT2D eigenvalue weighted by molar-refractivity contribution is -0.118. The molecule has 6 heteroatoms. The summed E-state index contributed by atoms with van der Waals surface area (Å²) in [5.74, 6) is 0.646. The first-order valence-electron chi connectivity index (χ1n) is 6.21. The molecule has 0 aliphatic carbocycles. The molecule has 0 aliphatic rings. The van der Waals surface area contributed by atoms with E-state index in [1.807, 2.05) is 30.3 Å². The summed E-state index contributed by atoms with van der Waals surface area (Å²) < 4.78 is 16.7. The molecule has 1 aromatic carbocycles. The van der Waals surface area contributed by atoms with Gasteiger partial charge in [-0.25, -0.2) is 0 Å². The Labute approximate surface area is 119 Å². The van der Waals surface area contributed by atoms with E-state index in [9.17, 15) is 9.00 Å². The van der Waals surface area contributed by atoms with E-state index in [0.29, 0.717) is 18.0 Å². The summed E-state index contributed by atoms with van der Waals surface area (Å²) in [6, 6.07) is 11.3. The van der Waals surface area contributed by atoms with Gasteiger partial charge < -0.3 is 9.84 Å². The van der Waals surface area contributed by atoms with Crippen LogP contribution in [0.5, 0.6) is 0 Å². The Bertz CT molecular complexity index is 595. The molecule has 0 spiro atoms. The highest BCUT2D eigenvalue weighted by atomic mass is 32.2. The summed E-state index contributed by atoms with van der Waals surface area (Å²) in [4.78, 5) is 11.7. The Hall–Kier alpha value is -1.95. The lowest BCUT2D eigenvalue weighted by Crippen LogP contribution is -2.28. The normalized spacial score (nSPS) is 12.1. The van der Waals surface area contributed by atoms with Gasteiger partial charge in [-0.2, -0.15) is 0 Å². The molecule has 0 unspecified atom stereocenters. The fourth-order valence-electron chi connectivity index (χ4n) is 1.70. The highest BCUT2D eigenvalue weighted by Gasteiger charge is 2.11. The lowest BCUT2D eigenvalue weighted by atomic mass is 10.2. The topological polar surface area (TPSA) is 72.2 Å². The number of benzene rings is 1. The third-order valence-corrected chi connectivity index (χ3v) is 3.81. The van der Waals surface area contributed by atoms with Crippen LogP contribution in [0.1, 0.15) is 17.0 Å². The molecule has 106 valence electrons. The molecule has 0 bridgehead atoms. The number of carbonyl (C=O) groups is 1. The van der Waals surface area contributed by atoms with E-state index in [1.54, 1.807) is 13.0 Å². The van der Waals surface area contributed by atoms with Crippen LogP contribution in [0.2, 0.25) is 0 Å². The molecule has 1 N–H and O–H groups in total. The Balaban J connectivity index is 1.75. The number of carbonyl (C=O) groups excluding carboxylic acids is 1. The van der Waals surface area contributed by atoms with Crippen LogP contribution >= 0.6 is 0 Å². The summed E-state index contributed by atoms with van der Waals surface area (Å²) in [7, 11) is -1.28. The Morgan fingerprint density at radius 3 is 2.75 bits per heavy atom. The largest absolute Gasteiger partial charge is 0.361 e. The Morgan fingerprint density at radius 1 is 1.35 bits per heavy atom. The van der Waals surface area contributed by atoms with Crippen molar-refractivity contribution in [1.82, 2.24) is 10.5 Å². The van der Waals surface area contributed by atoms with E-state index in [0.717, 1.165) is 5.56 Å². The number of nitrogens with zero attached hydrogens (tertiary/aromatic N) is 1. The molecule has 0 saturated heterocycles. The molecule has 2 aromatic rings. The van der Waals surface area contributed by atoms with E-state index in [4.69, 9.17) is 4.52 Å². The average molecular weight is 292 g/mol. The fraction of sp³-hybridized carbons (Fsp3) is 0.286. The number of hydrogen-bond donors (Lipinski definition) is 1. The average Bonchev–Trinajstić information content (AvgIpc) is 2.83. The van der Waals surface area contributed by atoms with Gasteiger partial charge >= 0.3 is 0 Å². The van der Waals surface area contributed by atoms with Crippen LogP contribution in [0.4, 0.5) is 0 Å². The van der Waals surface area contributed by atoms with E-state index in [-0.39, 0.29) is 17.4 Å². The molecule has 1 amide bonds. The van der Waals surface area contributed by atoms with Gasteiger partial charge in [0.15, 0.2) is 0 Å². The smallest absolute Gasteiger partial charge is 0.232 e.